The molecule has 1 N–H and O–H groups in total. The standard InChI is InChI=1S/C13H12BrNO2S/c1-2-3-9-8(13(16)17)4-5-10(15-9)11-6-7-12(14)18-11/h4-7H,2-3H2,1H3,(H,16,17). The zero-order chi connectivity index (χ0) is 13.1. The van der Waals surface area contributed by atoms with Gasteiger partial charge >= 0.3 is 5.97 Å². The fourth-order valence-electron chi connectivity index (χ4n) is 1.71. The minimum atomic E-state index is -0.912. The van der Waals surface area contributed by atoms with Crippen molar-refractivity contribution in [3.8, 4) is 10.6 Å². The number of nitrogens with zero attached hydrogens (tertiary/aromatic N) is 1. The molecule has 0 aliphatic rings. The summed E-state index contributed by atoms with van der Waals surface area (Å²) in [6, 6.07) is 7.35. The van der Waals surface area contributed by atoms with Crippen LogP contribution in [-0.2, 0) is 6.42 Å². The van der Waals surface area contributed by atoms with Crippen molar-refractivity contribution in [1.82, 2.24) is 4.98 Å². The zero-order valence-electron chi connectivity index (χ0n) is 9.81. The van der Waals surface area contributed by atoms with E-state index < -0.39 is 5.97 Å². The number of aryl methyl sites for hydroxylation is 1. The average molecular weight is 326 g/mol. The maximum Gasteiger partial charge on any atom is 0.337 e. The molecule has 0 aliphatic heterocycles. The van der Waals surface area contributed by atoms with E-state index in [2.05, 4.69) is 20.9 Å². The van der Waals surface area contributed by atoms with Gasteiger partial charge in [-0.25, -0.2) is 4.79 Å². The summed E-state index contributed by atoms with van der Waals surface area (Å²) in [5.41, 5.74) is 1.79. The minimum absolute atomic E-state index is 0.302. The van der Waals surface area contributed by atoms with Gasteiger partial charge < -0.3 is 5.11 Å². The fraction of sp³-hybridized carbons (Fsp3) is 0.231. The Balaban J connectivity index is 2.45. The Labute approximate surface area is 118 Å². The number of hydrogen-bond acceptors (Lipinski definition) is 3. The van der Waals surface area contributed by atoms with Crippen LogP contribution in [0.5, 0.6) is 0 Å². The Morgan fingerprint density at radius 2 is 2.17 bits per heavy atom. The maximum atomic E-state index is 11.1. The van der Waals surface area contributed by atoms with Gasteiger partial charge in [0.15, 0.2) is 0 Å². The van der Waals surface area contributed by atoms with E-state index in [1.807, 2.05) is 19.1 Å². The van der Waals surface area contributed by atoms with E-state index in [9.17, 15) is 4.79 Å². The Morgan fingerprint density at radius 3 is 2.72 bits per heavy atom. The monoisotopic (exact) mass is 325 g/mol. The molecule has 5 heteroatoms. The second-order valence-electron chi connectivity index (χ2n) is 3.85. The van der Waals surface area contributed by atoms with E-state index in [0.717, 1.165) is 20.8 Å². The highest BCUT2D eigenvalue weighted by atomic mass is 79.9. The van der Waals surface area contributed by atoms with Gasteiger partial charge in [-0.3, -0.25) is 4.98 Å². The van der Waals surface area contributed by atoms with Gasteiger partial charge in [-0.2, -0.15) is 0 Å². The van der Waals surface area contributed by atoms with E-state index >= 15 is 0 Å². The molecule has 0 atom stereocenters. The molecular formula is C13H12BrNO2S. The van der Waals surface area contributed by atoms with Crippen LogP contribution in [0.4, 0.5) is 0 Å². The van der Waals surface area contributed by atoms with Gasteiger partial charge in [0.1, 0.15) is 0 Å². The van der Waals surface area contributed by atoms with Crippen molar-refractivity contribution < 1.29 is 9.90 Å². The number of thiophene rings is 1. The molecule has 0 aliphatic carbocycles. The third-order valence-electron chi connectivity index (χ3n) is 2.52. The molecule has 0 unspecified atom stereocenters. The van der Waals surface area contributed by atoms with Crippen LogP contribution in [0, 0.1) is 0 Å². The van der Waals surface area contributed by atoms with Crippen LogP contribution in [0.25, 0.3) is 10.6 Å². The second-order valence-corrected chi connectivity index (χ2v) is 6.31. The molecule has 0 radical (unpaired) electrons. The van der Waals surface area contributed by atoms with Gasteiger partial charge in [0.05, 0.1) is 25.6 Å². The molecule has 2 aromatic heterocycles. The number of aromatic nitrogens is 1. The number of hydrogen-bond donors (Lipinski definition) is 1. The fourth-order valence-corrected chi connectivity index (χ4v) is 3.07. The number of pyridine rings is 1. The first-order chi connectivity index (χ1) is 8.61. The van der Waals surface area contributed by atoms with Crippen LogP contribution in [0.3, 0.4) is 0 Å². The molecule has 2 aromatic rings. The van der Waals surface area contributed by atoms with Crippen molar-refractivity contribution in [3.05, 3.63) is 39.3 Å². The third-order valence-corrected chi connectivity index (χ3v) is 4.16. The SMILES string of the molecule is CCCc1nc(-c2ccc(Br)s2)ccc1C(=O)O. The van der Waals surface area contributed by atoms with Crippen LogP contribution in [0.15, 0.2) is 28.1 Å². The van der Waals surface area contributed by atoms with Gasteiger partial charge in [-0.05, 0) is 46.6 Å². The molecular weight excluding hydrogens is 314 g/mol. The minimum Gasteiger partial charge on any atom is -0.478 e. The van der Waals surface area contributed by atoms with Crippen LogP contribution in [0.1, 0.15) is 29.4 Å². The van der Waals surface area contributed by atoms with Gasteiger partial charge in [0.25, 0.3) is 0 Å². The molecule has 94 valence electrons. The van der Waals surface area contributed by atoms with E-state index in [-0.39, 0.29) is 0 Å². The van der Waals surface area contributed by atoms with E-state index in [1.54, 1.807) is 23.5 Å². The zero-order valence-corrected chi connectivity index (χ0v) is 12.2. The second kappa shape index (κ2) is 5.63. The van der Waals surface area contributed by atoms with Crippen LogP contribution < -0.4 is 0 Å². The smallest absolute Gasteiger partial charge is 0.337 e. The highest BCUT2D eigenvalue weighted by molar-refractivity contribution is 9.11. The Kier molecular flexibility index (Phi) is 4.14. The highest BCUT2D eigenvalue weighted by Gasteiger charge is 2.13. The summed E-state index contributed by atoms with van der Waals surface area (Å²) in [7, 11) is 0. The first kappa shape index (κ1) is 13.2. The molecule has 2 rings (SSSR count). The first-order valence-electron chi connectivity index (χ1n) is 5.60. The van der Waals surface area contributed by atoms with Gasteiger partial charge in [0.2, 0.25) is 0 Å². The van der Waals surface area contributed by atoms with Gasteiger partial charge in [0, 0.05) is 0 Å². The number of aromatic carboxylic acids is 1. The Bertz CT molecular complexity index is 580. The van der Waals surface area contributed by atoms with Crippen LogP contribution >= 0.6 is 27.3 Å². The topological polar surface area (TPSA) is 50.2 Å². The number of carboxylic acids is 1. The summed E-state index contributed by atoms with van der Waals surface area (Å²) < 4.78 is 1.04. The van der Waals surface area contributed by atoms with Crippen molar-refractivity contribution in [3.63, 3.8) is 0 Å². The lowest BCUT2D eigenvalue weighted by Gasteiger charge is -2.06. The maximum absolute atomic E-state index is 11.1. The Hall–Kier alpha value is -1.20. The van der Waals surface area contributed by atoms with Gasteiger partial charge in [-0.15, -0.1) is 11.3 Å². The largest absolute Gasteiger partial charge is 0.478 e. The molecule has 0 saturated carbocycles. The summed E-state index contributed by atoms with van der Waals surface area (Å²) in [6.45, 7) is 2.02. The van der Waals surface area contributed by atoms with E-state index in [4.69, 9.17) is 5.11 Å². The molecule has 0 fully saturated rings. The average Bonchev–Trinajstić information content (AvgIpc) is 2.76. The van der Waals surface area contributed by atoms with Crippen molar-refractivity contribution in [2.24, 2.45) is 0 Å². The molecule has 0 saturated heterocycles. The number of rotatable bonds is 4. The van der Waals surface area contributed by atoms with Crippen molar-refractivity contribution >= 4 is 33.2 Å². The summed E-state index contributed by atoms with van der Waals surface area (Å²) in [4.78, 5) is 16.6. The normalized spacial score (nSPS) is 10.6. The Morgan fingerprint density at radius 1 is 1.39 bits per heavy atom. The van der Waals surface area contributed by atoms with Crippen molar-refractivity contribution in [2.45, 2.75) is 19.8 Å². The molecule has 3 nitrogen and oxygen atoms in total. The molecule has 0 amide bonds. The molecule has 0 bridgehead atoms. The number of halogens is 1. The summed E-state index contributed by atoms with van der Waals surface area (Å²) in [5.74, 6) is -0.912. The summed E-state index contributed by atoms with van der Waals surface area (Å²) in [6.07, 6.45) is 1.56. The highest BCUT2D eigenvalue weighted by Crippen LogP contribution is 2.30. The first-order valence-corrected chi connectivity index (χ1v) is 7.21. The summed E-state index contributed by atoms with van der Waals surface area (Å²) >= 11 is 5.00. The van der Waals surface area contributed by atoms with Gasteiger partial charge in [-0.1, -0.05) is 13.3 Å². The van der Waals surface area contributed by atoms with Crippen molar-refractivity contribution in [2.75, 3.05) is 0 Å². The van der Waals surface area contributed by atoms with Crippen LogP contribution in [0.2, 0.25) is 0 Å². The van der Waals surface area contributed by atoms with E-state index in [0.29, 0.717) is 17.7 Å². The lowest BCUT2D eigenvalue weighted by Crippen LogP contribution is -2.05. The summed E-state index contributed by atoms with van der Waals surface area (Å²) in [5, 5.41) is 9.11. The van der Waals surface area contributed by atoms with E-state index in [1.165, 1.54) is 0 Å². The van der Waals surface area contributed by atoms with Crippen LogP contribution in [-0.4, -0.2) is 16.1 Å². The van der Waals surface area contributed by atoms with Crippen molar-refractivity contribution in [1.29, 1.82) is 0 Å². The third kappa shape index (κ3) is 2.79. The number of carboxylic acid groups (broad SMARTS) is 1. The molecule has 0 spiro atoms. The predicted octanol–water partition coefficient (Wildman–Crippen LogP) is 4.22. The molecule has 2 heterocycles. The number of carbonyl (C=O) groups is 1. The molecule has 18 heavy (non-hydrogen) atoms. The lowest BCUT2D eigenvalue weighted by atomic mass is 10.1. The quantitative estimate of drug-likeness (QED) is 0.915. The lowest BCUT2D eigenvalue weighted by molar-refractivity contribution is 0.0695. The predicted molar refractivity (Wildman–Crippen MR) is 76.2 cm³/mol. The molecule has 0 aromatic carbocycles.